The highest BCUT2D eigenvalue weighted by atomic mass is 32.2. The van der Waals surface area contributed by atoms with Crippen molar-refractivity contribution in [1.82, 2.24) is 10.6 Å². The van der Waals surface area contributed by atoms with Crippen LogP contribution in [0.3, 0.4) is 0 Å². The highest BCUT2D eigenvalue weighted by Gasteiger charge is 2.25. The van der Waals surface area contributed by atoms with Crippen LogP contribution in [0.2, 0.25) is 0 Å². The smallest absolute Gasteiger partial charge is 0.341 e. The van der Waals surface area contributed by atoms with E-state index in [0.717, 1.165) is 5.56 Å². The van der Waals surface area contributed by atoms with Crippen molar-refractivity contribution in [2.24, 2.45) is 0 Å². The summed E-state index contributed by atoms with van der Waals surface area (Å²) in [6.07, 6.45) is -1.28. The Morgan fingerprint density at radius 1 is 1.03 bits per heavy atom. The van der Waals surface area contributed by atoms with Crippen LogP contribution in [0.1, 0.15) is 40.9 Å². The first-order valence-electron chi connectivity index (χ1n) is 9.95. The van der Waals surface area contributed by atoms with E-state index >= 15 is 0 Å². The van der Waals surface area contributed by atoms with Crippen molar-refractivity contribution in [2.45, 2.75) is 45.6 Å². The van der Waals surface area contributed by atoms with Gasteiger partial charge >= 0.3 is 12.0 Å². The van der Waals surface area contributed by atoms with Crippen molar-refractivity contribution in [1.29, 1.82) is 0 Å². The highest BCUT2D eigenvalue weighted by Crippen LogP contribution is 2.26. The number of hydrogen-bond acceptors (Lipinski definition) is 6. The Morgan fingerprint density at radius 3 is 2.22 bits per heavy atom. The standard InChI is InChI=1S/C22H27N3O6S/c1-6-23-22(28)24-20(26)16(5)31-21(27)17-9-7-8-10-18(17)25-32(29,30)19-14(3)11-13(2)12-15(19)4/h7-12,16,25H,6H2,1-5H3,(H2,23,24,26,28). The number of benzene rings is 2. The molecule has 0 aliphatic rings. The molecule has 0 aliphatic carbocycles. The summed E-state index contributed by atoms with van der Waals surface area (Å²) in [5, 5.41) is 4.44. The third-order valence-electron chi connectivity index (χ3n) is 4.49. The van der Waals surface area contributed by atoms with Gasteiger partial charge in [0.25, 0.3) is 15.9 Å². The third kappa shape index (κ3) is 6.07. The second-order valence-corrected chi connectivity index (χ2v) is 8.89. The highest BCUT2D eigenvalue weighted by molar-refractivity contribution is 7.92. The molecule has 2 aromatic rings. The first kappa shape index (κ1) is 24.9. The van der Waals surface area contributed by atoms with Gasteiger partial charge in [0.2, 0.25) is 0 Å². The number of sulfonamides is 1. The monoisotopic (exact) mass is 461 g/mol. The summed E-state index contributed by atoms with van der Waals surface area (Å²) < 4.78 is 33.7. The fraction of sp³-hybridized carbons (Fsp3) is 0.318. The topological polar surface area (TPSA) is 131 Å². The number of rotatable bonds is 7. The van der Waals surface area contributed by atoms with Gasteiger partial charge in [-0.25, -0.2) is 18.0 Å². The maximum absolute atomic E-state index is 13.1. The molecule has 0 aliphatic heterocycles. The van der Waals surface area contributed by atoms with Crippen LogP contribution >= 0.6 is 0 Å². The summed E-state index contributed by atoms with van der Waals surface area (Å²) in [4.78, 5) is 36.3. The van der Waals surface area contributed by atoms with Crippen molar-refractivity contribution in [3.8, 4) is 0 Å². The fourth-order valence-electron chi connectivity index (χ4n) is 3.23. The Balaban J connectivity index is 2.25. The zero-order valence-electron chi connectivity index (χ0n) is 18.6. The van der Waals surface area contributed by atoms with Crippen molar-refractivity contribution in [2.75, 3.05) is 11.3 Å². The van der Waals surface area contributed by atoms with Crippen molar-refractivity contribution in [3.63, 3.8) is 0 Å². The van der Waals surface area contributed by atoms with E-state index in [-0.39, 0.29) is 16.1 Å². The van der Waals surface area contributed by atoms with Gasteiger partial charge in [-0.15, -0.1) is 0 Å². The molecule has 10 heteroatoms. The lowest BCUT2D eigenvalue weighted by atomic mass is 10.1. The SMILES string of the molecule is CCNC(=O)NC(=O)C(C)OC(=O)c1ccccc1NS(=O)(=O)c1c(C)cc(C)cc1C. The van der Waals surface area contributed by atoms with Crippen molar-refractivity contribution < 1.29 is 27.5 Å². The number of imide groups is 1. The van der Waals surface area contributed by atoms with Crippen LogP contribution in [-0.4, -0.2) is 39.0 Å². The molecule has 0 aromatic heterocycles. The van der Waals surface area contributed by atoms with Gasteiger partial charge in [-0.1, -0.05) is 29.8 Å². The predicted octanol–water partition coefficient (Wildman–Crippen LogP) is 2.80. The second-order valence-electron chi connectivity index (χ2n) is 7.28. The molecular weight excluding hydrogens is 434 g/mol. The molecule has 9 nitrogen and oxygen atoms in total. The predicted molar refractivity (Wildman–Crippen MR) is 120 cm³/mol. The van der Waals surface area contributed by atoms with Crippen LogP contribution in [0, 0.1) is 20.8 Å². The fourth-order valence-corrected chi connectivity index (χ4v) is 4.77. The second kappa shape index (κ2) is 10.3. The maximum atomic E-state index is 13.1. The van der Waals surface area contributed by atoms with Crippen molar-refractivity contribution >= 4 is 33.6 Å². The van der Waals surface area contributed by atoms with E-state index in [1.165, 1.54) is 25.1 Å². The number of esters is 1. The average Bonchev–Trinajstić information content (AvgIpc) is 2.66. The number of anilines is 1. The van der Waals surface area contributed by atoms with Crippen molar-refractivity contribution in [3.05, 3.63) is 58.7 Å². The minimum atomic E-state index is -4.00. The number of carbonyl (C=O) groups excluding carboxylic acids is 3. The summed E-state index contributed by atoms with van der Waals surface area (Å²) in [6, 6.07) is 8.71. The van der Waals surface area contributed by atoms with E-state index in [9.17, 15) is 22.8 Å². The Kier molecular flexibility index (Phi) is 7.98. The number of urea groups is 1. The number of ether oxygens (including phenoxy) is 1. The molecular formula is C22H27N3O6S. The normalized spacial score (nSPS) is 11.9. The van der Waals surface area contributed by atoms with Crippen LogP contribution in [0.4, 0.5) is 10.5 Å². The molecule has 0 heterocycles. The zero-order valence-corrected chi connectivity index (χ0v) is 19.4. The maximum Gasteiger partial charge on any atom is 0.341 e. The zero-order chi connectivity index (χ0) is 24.1. The Bertz CT molecular complexity index is 1120. The van der Waals surface area contributed by atoms with E-state index in [2.05, 4.69) is 15.4 Å². The lowest BCUT2D eigenvalue weighted by Gasteiger charge is -2.17. The van der Waals surface area contributed by atoms with Gasteiger partial charge < -0.3 is 10.1 Å². The number of amides is 3. The van der Waals surface area contributed by atoms with Gasteiger partial charge in [-0.2, -0.15) is 0 Å². The molecule has 1 atom stereocenters. The minimum absolute atomic E-state index is 0.00760. The van der Waals surface area contributed by atoms with Gasteiger partial charge in [0.05, 0.1) is 16.1 Å². The summed E-state index contributed by atoms with van der Waals surface area (Å²) >= 11 is 0. The lowest BCUT2D eigenvalue weighted by Crippen LogP contribution is -2.44. The first-order valence-corrected chi connectivity index (χ1v) is 11.4. The van der Waals surface area contributed by atoms with Gasteiger partial charge in [-0.05, 0) is 57.9 Å². The van der Waals surface area contributed by atoms with Gasteiger partial charge in [0.15, 0.2) is 6.10 Å². The molecule has 0 saturated carbocycles. The molecule has 1 unspecified atom stereocenters. The largest absolute Gasteiger partial charge is 0.449 e. The van der Waals surface area contributed by atoms with Crippen LogP contribution < -0.4 is 15.4 Å². The summed E-state index contributed by atoms with van der Waals surface area (Å²) in [6.45, 7) is 8.58. The number of carbonyl (C=O) groups is 3. The number of hydrogen-bond donors (Lipinski definition) is 3. The average molecular weight is 462 g/mol. The summed E-state index contributed by atoms with van der Waals surface area (Å²) in [5.74, 6) is -1.73. The van der Waals surface area contributed by atoms with Gasteiger partial charge in [-0.3, -0.25) is 14.8 Å². The first-order chi connectivity index (χ1) is 15.0. The van der Waals surface area contributed by atoms with E-state index in [1.807, 2.05) is 6.92 Å². The number of para-hydroxylation sites is 1. The summed E-state index contributed by atoms with van der Waals surface area (Å²) in [7, 11) is -4.00. The van der Waals surface area contributed by atoms with E-state index in [0.29, 0.717) is 17.7 Å². The van der Waals surface area contributed by atoms with Gasteiger partial charge in [0, 0.05) is 6.54 Å². The van der Waals surface area contributed by atoms with E-state index < -0.39 is 34.0 Å². The Labute approximate surface area is 187 Å². The number of nitrogens with one attached hydrogen (secondary N) is 3. The molecule has 0 fully saturated rings. The number of aryl methyl sites for hydroxylation is 3. The third-order valence-corrected chi connectivity index (χ3v) is 6.16. The molecule has 3 amide bonds. The molecule has 0 bridgehead atoms. The Hall–Kier alpha value is -3.40. The Morgan fingerprint density at radius 2 is 1.62 bits per heavy atom. The molecule has 2 aromatic carbocycles. The quantitative estimate of drug-likeness (QED) is 0.544. The molecule has 0 spiro atoms. The summed E-state index contributed by atoms with van der Waals surface area (Å²) in [5.41, 5.74) is 2.02. The van der Waals surface area contributed by atoms with Crippen LogP contribution in [-0.2, 0) is 19.6 Å². The van der Waals surface area contributed by atoms with Crippen LogP contribution in [0.5, 0.6) is 0 Å². The molecule has 0 radical (unpaired) electrons. The molecule has 0 saturated heterocycles. The van der Waals surface area contributed by atoms with Crippen LogP contribution in [0.15, 0.2) is 41.3 Å². The van der Waals surface area contributed by atoms with E-state index in [4.69, 9.17) is 4.74 Å². The molecule has 2 rings (SSSR count). The van der Waals surface area contributed by atoms with E-state index in [1.54, 1.807) is 39.0 Å². The molecule has 32 heavy (non-hydrogen) atoms. The lowest BCUT2D eigenvalue weighted by molar-refractivity contribution is -0.127. The minimum Gasteiger partial charge on any atom is -0.449 e. The van der Waals surface area contributed by atoms with Crippen LogP contribution in [0.25, 0.3) is 0 Å². The molecule has 172 valence electrons. The molecule has 3 N–H and O–H groups in total. The van der Waals surface area contributed by atoms with Gasteiger partial charge in [0.1, 0.15) is 0 Å².